The number of rotatable bonds is 5. The fraction of sp³-hybridized carbons (Fsp3) is 0.231. The Morgan fingerprint density at radius 1 is 1.14 bits per heavy atom. The Balaban J connectivity index is 2.02. The predicted molar refractivity (Wildman–Crippen MR) is 89.5 cm³/mol. The first kappa shape index (κ1) is 14.6. The van der Waals surface area contributed by atoms with E-state index < -0.39 is 0 Å². The summed E-state index contributed by atoms with van der Waals surface area (Å²) in [6, 6.07) is 8.01. The Morgan fingerprint density at radius 2 is 1.95 bits per heavy atom. The molecule has 3 aromatic rings. The van der Waals surface area contributed by atoms with E-state index in [1.54, 1.807) is 23.1 Å². The van der Waals surface area contributed by atoms with Crippen LogP contribution in [0.1, 0.15) is 6.92 Å². The van der Waals surface area contributed by atoms with Crippen LogP contribution in [0.15, 0.2) is 38.0 Å². The first-order chi connectivity index (χ1) is 10.3. The molecule has 0 spiro atoms. The highest BCUT2D eigenvalue weighted by atomic mass is 32.2. The predicted octanol–water partition coefficient (Wildman–Crippen LogP) is 3.79. The SMILES string of the molecule is CCNc1nc(Sc2nnc(SC)s2)c2ccccc2n1. The molecule has 21 heavy (non-hydrogen) atoms. The van der Waals surface area contributed by atoms with Gasteiger partial charge < -0.3 is 5.32 Å². The van der Waals surface area contributed by atoms with E-state index in [0.29, 0.717) is 5.95 Å². The zero-order valence-electron chi connectivity index (χ0n) is 11.5. The summed E-state index contributed by atoms with van der Waals surface area (Å²) in [4.78, 5) is 9.11. The largest absolute Gasteiger partial charge is 0.354 e. The second kappa shape index (κ2) is 6.59. The van der Waals surface area contributed by atoms with Crippen LogP contribution >= 0.6 is 34.9 Å². The third kappa shape index (κ3) is 3.28. The normalized spacial score (nSPS) is 11.0. The number of aromatic nitrogens is 4. The second-order valence-corrected chi connectivity index (χ2v) is 7.31. The lowest BCUT2D eigenvalue weighted by Crippen LogP contribution is -2.03. The number of hydrogen-bond donors (Lipinski definition) is 1. The van der Waals surface area contributed by atoms with Crippen LogP contribution in [0.25, 0.3) is 10.9 Å². The topological polar surface area (TPSA) is 63.6 Å². The van der Waals surface area contributed by atoms with Gasteiger partial charge in [0.25, 0.3) is 0 Å². The molecular weight excluding hydrogens is 322 g/mol. The molecule has 1 aromatic carbocycles. The quantitative estimate of drug-likeness (QED) is 0.562. The van der Waals surface area contributed by atoms with Gasteiger partial charge in [0.2, 0.25) is 5.95 Å². The highest BCUT2D eigenvalue weighted by molar-refractivity contribution is 8.03. The van der Waals surface area contributed by atoms with Crippen LogP contribution in [0.2, 0.25) is 0 Å². The lowest BCUT2D eigenvalue weighted by Gasteiger charge is -2.07. The molecule has 0 bridgehead atoms. The number of fused-ring (bicyclic) bond motifs is 1. The summed E-state index contributed by atoms with van der Waals surface area (Å²) < 4.78 is 1.86. The van der Waals surface area contributed by atoms with E-state index in [4.69, 9.17) is 0 Å². The summed E-state index contributed by atoms with van der Waals surface area (Å²) in [5, 5.41) is 13.4. The lowest BCUT2D eigenvalue weighted by molar-refractivity contribution is 0.953. The van der Waals surface area contributed by atoms with Gasteiger partial charge in [-0.2, -0.15) is 0 Å². The van der Waals surface area contributed by atoms with Crippen LogP contribution in [0, 0.1) is 0 Å². The average molecular weight is 335 g/mol. The third-order valence-electron chi connectivity index (χ3n) is 2.65. The zero-order valence-corrected chi connectivity index (χ0v) is 14.0. The van der Waals surface area contributed by atoms with Crippen molar-refractivity contribution in [2.75, 3.05) is 18.1 Å². The summed E-state index contributed by atoms with van der Waals surface area (Å²) >= 11 is 4.71. The number of nitrogens with zero attached hydrogens (tertiary/aromatic N) is 4. The van der Waals surface area contributed by atoms with Crippen LogP contribution in [-0.4, -0.2) is 33.0 Å². The van der Waals surface area contributed by atoms with Crippen molar-refractivity contribution in [3.05, 3.63) is 24.3 Å². The highest BCUT2D eigenvalue weighted by Crippen LogP contribution is 2.35. The molecule has 0 atom stereocenters. The van der Waals surface area contributed by atoms with E-state index in [2.05, 4.69) is 25.5 Å². The summed E-state index contributed by atoms with van der Waals surface area (Å²) in [6.45, 7) is 2.82. The highest BCUT2D eigenvalue weighted by Gasteiger charge is 2.12. The molecule has 0 unspecified atom stereocenters. The molecule has 8 heteroatoms. The fourth-order valence-corrected chi connectivity index (χ4v) is 4.23. The van der Waals surface area contributed by atoms with Gasteiger partial charge in [-0.15, -0.1) is 10.2 Å². The number of nitrogens with one attached hydrogen (secondary N) is 1. The maximum absolute atomic E-state index is 4.59. The summed E-state index contributed by atoms with van der Waals surface area (Å²) in [6.07, 6.45) is 2.00. The van der Waals surface area contributed by atoms with Gasteiger partial charge in [0.1, 0.15) is 5.03 Å². The van der Waals surface area contributed by atoms with E-state index in [0.717, 1.165) is 31.2 Å². The van der Waals surface area contributed by atoms with Gasteiger partial charge in [0.15, 0.2) is 8.68 Å². The Bertz CT molecular complexity index is 758. The minimum Gasteiger partial charge on any atom is -0.354 e. The van der Waals surface area contributed by atoms with Gasteiger partial charge in [-0.05, 0) is 31.0 Å². The number of anilines is 1. The summed E-state index contributed by atoms with van der Waals surface area (Å²) in [5.74, 6) is 0.647. The molecule has 0 saturated heterocycles. The molecule has 0 aliphatic heterocycles. The molecule has 2 heterocycles. The molecule has 108 valence electrons. The first-order valence-corrected chi connectivity index (χ1v) is 9.22. The first-order valence-electron chi connectivity index (χ1n) is 6.36. The number of hydrogen-bond acceptors (Lipinski definition) is 8. The van der Waals surface area contributed by atoms with E-state index in [1.807, 2.05) is 37.4 Å². The lowest BCUT2D eigenvalue weighted by atomic mass is 10.2. The molecule has 0 aliphatic carbocycles. The maximum atomic E-state index is 4.59. The minimum absolute atomic E-state index is 0.647. The van der Waals surface area contributed by atoms with Gasteiger partial charge in [0.05, 0.1) is 5.52 Å². The molecule has 3 rings (SSSR count). The van der Waals surface area contributed by atoms with Gasteiger partial charge in [-0.25, -0.2) is 9.97 Å². The molecule has 5 nitrogen and oxygen atoms in total. The van der Waals surface area contributed by atoms with Crippen LogP contribution in [-0.2, 0) is 0 Å². The monoisotopic (exact) mass is 335 g/mol. The van der Waals surface area contributed by atoms with Crippen molar-refractivity contribution >= 4 is 51.7 Å². The molecule has 1 N–H and O–H groups in total. The van der Waals surface area contributed by atoms with Gasteiger partial charge in [-0.1, -0.05) is 41.3 Å². The van der Waals surface area contributed by atoms with E-state index >= 15 is 0 Å². The Morgan fingerprint density at radius 3 is 2.71 bits per heavy atom. The van der Waals surface area contributed by atoms with Crippen molar-refractivity contribution in [2.24, 2.45) is 0 Å². The van der Waals surface area contributed by atoms with Crippen LogP contribution in [0.5, 0.6) is 0 Å². The van der Waals surface area contributed by atoms with Crippen molar-refractivity contribution in [2.45, 2.75) is 20.6 Å². The van der Waals surface area contributed by atoms with E-state index in [9.17, 15) is 0 Å². The molecule has 0 amide bonds. The van der Waals surface area contributed by atoms with Crippen LogP contribution < -0.4 is 5.32 Å². The molecule has 0 saturated carbocycles. The molecule has 0 fully saturated rings. The van der Waals surface area contributed by atoms with Crippen molar-refractivity contribution in [1.29, 1.82) is 0 Å². The molecule has 0 radical (unpaired) electrons. The van der Waals surface area contributed by atoms with Gasteiger partial charge in [-0.3, -0.25) is 0 Å². The molecule has 2 aromatic heterocycles. The van der Waals surface area contributed by atoms with Gasteiger partial charge in [0, 0.05) is 11.9 Å². The minimum atomic E-state index is 0.647. The van der Waals surface area contributed by atoms with Crippen LogP contribution in [0.3, 0.4) is 0 Å². The smallest absolute Gasteiger partial charge is 0.224 e. The van der Waals surface area contributed by atoms with Crippen molar-refractivity contribution in [3.63, 3.8) is 0 Å². The maximum Gasteiger partial charge on any atom is 0.224 e. The Labute approximate surface area is 135 Å². The second-order valence-electron chi connectivity index (χ2n) is 4.04. The number of para-hydroxylation sites is 1. The third-order valence-corrected chi connectivity index (χ3v) is 5.60. The number of benzene rings is 1. The summed E-state index contributed by atoms with van der Waals surface area (Å²) in [5.41, 5.74) is 0.931. The standard InChI is InChI=1S/C13H13N5S3/c1-3-14-11-15-9-7-5-4-6-8(9)10(16-11)20-13-18-17-12(19-2)21-13/h4-7H,3H2,1-2H3,(H,14,15,16). The fourth-order valence-electron chi connectivity index (χ4n) is 1.77. The molecular formula is C13H13N5S3. The van der Waals surface area contributed by atoms with Crippen LogP contribution in [0.4, 0.5) is 5.95 Å². The van der Waals surface area contributed by atoms with Crippen molar-refractivity contribution in [1.82, 2.24) is 20.2 Å². The zero-order chi connectivity index (χ0) is 14.7. The van der Waals surface area contributed by atoms with E-state index in [1.165, 1.54) is 11.8 Å². The average Bonchev–Trinajstić information content (AvgIpc) is 2.95. The van der Waals surface area contributed by atoms with Crippen molar-refractivity contribution in [3.8, 4) is 0 Å². The van der Waals surface area contributed by atoms with Crippen molar-refractivity contribution < 1.29 is 0 Å². The Hall–Kier alpha value is -1.38. The molecule has 0 aliphatic rings. The Kier molecular flexibility index (Phi) is 4.57. The van der Waals surface area contributed by atoms with Gasteiger partial charge >= 0.3 is 0 Å². The summed E-state index contributed by atoms with van der Waals surface area (Å²) in [7, 11) is 0. The number of thioether (sulfide) groups is 1. The van der Waals surface area contributed by atoms with E-state index in [-0.39, 0.29) is 0 Å².